The van der Waals surface area contributed by atoms with Crippen molar-refractivity contribution in [2.45, 2.75) is 76.6 Å². The molecule has 1 atom stereocenters. The van der Waals surface area contributed by atoms with E-state index in [-0.39, 0.29) is 0 Å². The molecule has 0 saturated carbocycles. The van der Waals surface area contributed by atoms with Crippen LogP contribution >= 0.6 is 7.60 Å². The second-order valence-corrected chi connectivity index (χ2v) is 6.78. The summed E-state index contributed by atoms with van der Waals surface area (Å²) in [4.78, 5) is 18.2. The Morgan fingerprint density at radius 2 is 1.44 bits per heavy atom. The molecule has 0 aromatic heterocycles. The van der Waals surface area contributed by atoms with Gasteiger partial charge >= 0.3 is 7.60 Å². The topological polar surface area (TPSA) is 104 Å². The molecule has 0 saturated heterocycles. The Labute approximate surface area is 110 Å². The minimum Gasteiger partial charge on any atom is -0.379 e. The van der Waals surface area contributed by atoms with Gasteiger partial charge in [-0.1, -0.05) is 52.4 Å². The second-order valence-electron chi connectivity index (χ2n) is 5.11. The van der Waals surface area contributed by atoms with E-state index in [1.54, 1.807) is 0 Å². The molecule has 0 rings (SSSR count). The lowest BCUT2D eigenvalue weighted by atomic mass is 9.88. The zero-order chi connectivity index (χ0) is 14.2. The molecule has 1 unspecified atom stereocenters. The fraction of sp³-hybridized carbons (Fsp3) is 1.00. The van der Waals surface area contributed by atoms with Gasteiger partial charge in [0, 0.05) is 0 Å². The summed E-state index contributed by atoms with van der Waals surface area (Å²) >= 11 is 0. The number of aliphatic hydroxyl groups excluding tert-OH is 1. The van der Waals surface area contributed by atoms with Crippen molar-refractivity contribution in [2.24, 2.45) is 5.73 Å². The highest BCUT2D eigenvalue weighted by Gasteiger charge is 2.43. The average molecular weight is 281 g/mol. The van der Waals surface area contributed by atoms with E-state index in [1.807, 2.05) is 0 Å². The van der Waals surface area contributed by atoms with E-state index >= 15 is 0 Å². The summed E-state index contributed by atoms with van der Waals surface area (Å²) in [5.41, 5.74) is 4.90. The Morgan fingerprint density at radius 3 is 1.72 bits per heavy atom. The van der Waals surface area contributed by atoms with Gasteiger partial charge in [0.05, 0.1) is 5.54 Å². The summed E-state index contributed by atoms with van der Waals surface area (Å²) in [5, 5.41) is 9.82. The van der Waals surface area contributed by atoms with Gasteiger partial charge in [0.2, 0.25) is 0 Å². The molecule has 0 bridgehead atoms. The van der Waals surface area contributed by atoms with Crippen molar-refractivity contribution in [3.05, 3.63) is 0 Å². The summed E-state index contributed by atoms with van der Waals surface area (Å²) in [7, 11) is -4.55. The summed E-state index contributed by atoms with van der Waals surface area (Å²) < 4.78 is 11.2. The van der Waals surface area contributed by atoms with Crippen LogP contribution < -0.4 is 5.73 Å². The molecular weight excluding hydrogens is 253 g/mol. The molecule has 0 aliphatic heterocycles. The first-order valence-electron chi connectivity index (χ1n) is 6.80. The Balaban J connectivity index is 4.62. The van der Waals surface area contributed by atoms with Gasteiger partial charge in [-0.05, 0) is 12.8 Å². The molecule has 0 fully saturated rings. The number of nitrogens with two attached hydrogens (primary N) is 1. The van der Waals surface area contributed by atoms with Gasteiger partial charge in [0.1, 0.15) is 0 Å². The fourth-order valence-corrected chi connectivity index (χ4v) is 3.05. The molecule has 0 spiro atoms. The van der Waals surface area contributed by atoms with E-state index in [2.05, 4.69) is 13.8 Å². The van der Waals surface area contributed by atoms with Crippen LogP contribution in [0.5, 0.6) is 0 Å². The molecule has 18 heavy (non-hydrogen) atoms. The van der Waals surface area contributed by atoms with Crippen LogP contribution in [-0.4, -0.2) is 26.3 Å². The maximum atomic E-state index is 11.2. The van der Waals surface area contributed by atoms with Crippen LogP contribution in [0.3, 0.4) is 0 Å². The molecule has 6 heteroatoms. The van der Waals surface area contributed by atoms with Crippen LogP contribution in [-0.2, 0) is 4.57 Å². The Hall–Kier alpha value is 0.0700. The predicted molar refractivity (Wildman–Crippen MR) is 73.3 cm³/mol. The fourth-order valence-electron chi connectivity index (χ4n) is 2.13. The average Bonchev–Trinajstić information content (AvgIpc) is 2.27. The van der Waals surface area contributed by atoms with Crippen LogP contribution in [0.15, 0.2) is 0 Å². The standard InChI is InChI=1S/C12H28NO4P/c1-3-5-7-9-12(13,10-8-6-4-2)11(14)18(15,16)17/h11,14H,3-10,13H2,1-2H3,(H2,15,16,17). The summed E-state index contributed by atoms with van der Waals surface area (Å²) in [6.45, 7) is 4.10. The maximum Gasteiger partial charge on any atom is 0.355 e. The van der Waals surface area contributed by atoms with E-state index in [1.165, 1.54) is 0 Å². The van der Waals surface area contributed by atoms with Crippen LogP contribution in [0.25, 0.3) is 0 Å². The zero-order valence-electron chi connectivity index (χ0n) is 11.5. The molecule has 5 nitrogen and oxygen atoms in total. The van der Waals surface area contributed by atoms with Gasteiger partial charge in [-0.15, -0.1) is 0 Å². The molecule has 5 N–H and O–H groups in total. The van der Waals surface area contributed by atoms with Gasteiger partial charge in [-0.2, -0.15) is 0 Å². The minimum atomic E-state index is -4.55. The number of hydrogen-bond donors (Lipinski definition) is 4. The molecule has 110 valence electrons. The van der Waals surface area contributed by atoms with E-state index in [0.29, 0.717) is 12.8 Å². The SMILES string of the molecule is CCCCCC(N)(CCCCC)C(O)P(=O)(O)O. The predicted octanol–water partition coefficient (Wildman–Crippen LogP) is 2.34. The Kier molecular flexibility index (Phi) is 8.31. The third kappa shape index (κ3) is 6.30. The van der Waals surface area contributed by atoms with Crippen molar-refractivity contribution in [1.29, 1.82) is 0 Å². The first kappa shape index (κ1) is 18.1. The van der Waals surface area contributed by atoms with Crippen molar-refractivity contribution in [2.75, 3.05) is 0 Å². The van der Waals surface area contributed by atoms with Crippen LogP contribution in [0.4, 0.5) is 0 Å². The highest BCUT2D eigenvalue weighted by Crippen LogP contribution is 2.46. The maximum absolute atomic E-state index is 11.2. The monoisotopic (exact) mass is 281 g/mol. The van der Waals surface area contributed by atoms with Gasteiger partial charge in [0.15, 0.2) is 5.85 Å². The Morgan fingerprint density at radius 1 is 1.06 bits per heavy atom. The van der Waals surface area contributed by atoms with Gasteiger partial charge in [0.25, 0.3) is 0 Å². The molecule has 0 aliphatic rings. The molecular formula is C12H28NO4P. The normalized spacial score (nSPS) is 14.8. The third-order valence-corrected chi connectivity index (χ3v) is 4.48. The van der Waals surface area contributed by atoms with E-state index in [0.717, 1.165) is 38.5 Å². The summed E-state index contributed by atoms with van der Waals surface area (Å²) in [6, 6.07) is 0. The van der Waals surface area contributed by atoms with Gasteiger partial charge < -0.3 is 20.6 Å². The quantitative estimate of drug-likeness (QED) is 0.363. The molecule has 0 radical (unpaired) electrons. The zero-order valence-corrected chi connectivity index (χ0v) is 12.4. The number of hydrogen-bond acceptors (Lipinski definition) is 3. The first-order valence-corrected chi connectivity index (χ1v) is 8.48. The van der Waals surface area contributed by atoms with E-state index < -0.39 is 19.0 Å². The highest BCUT2D eigenvalue weighted by molar-refractivity contribution is 7.52. The summed E-state index contributed by atoms with van der Waals surface area (Å²) in [5.74, 6) is -1.75. The van der Waals surface area contributed by atoms with Gasteiger partial charge in [-0.3, -0.25) is 4.57 Å². The van der Waals surface area contributed by atoms with Crippen LogP contribution in [0.1, 0.15) is 65.2 Å². The minimum absolute atomic E-state index is 0.455. The molecule has 0 heterocycles. The van der Waals surface area contributed by atoms with Crippen LogP contribution in [0.2, 0.25) is 0 Å². The molecule has 0 aromatic carbocycles. The lowest BCUT2D eigenvalue weighted by Crippen LogP contribution is -2.50. The third-order valence-electron chi connectivity index (χ3n) is 3.32. The van der Waals surface area contributed by atoms with Crippen molar-refractivity contribution >= 4 is 7.60 Å². The molecule has 0 aliphatic carbocycles. The Bertz CT molecular complexity index is 257. The lowest BCUT2D eigenvalue weighted by molar-refractivity contribution is 0.106. The summed E-state index contributed by atoms with van der Waals surface area (Å²) in [6.07, 6.45) is 6.43. The lowest BCUT2D eigenvalue weighted by Gasteiger charge is -2.34. The number of unbranched alkanes of at least 4 members (excludes halogenated alkanes) is 4. The van der Waals surface area contributed by atoms with Crippen molar-refractivity contribution < 1.29 is 19.5 Å². The first-order chi connectivity index (χ1) is 8.28. The van der Waals surface area contributed by atoms with E-state index in [9.17, 15) is 9.67 Å². The van der Waals surface area contributed by atoms with Crippen molar-refractivity contribution in [1.82, 2.24) is 0 Å². The van der Waals surface area contributed by atoms with Crippen LogP contribution in [0, 0.1) is 0 Å². The molecule has 0 aromatic rings. The van der Waals surface area contributed by atoms with Gasteiger partial charge in [-0.25, -0.2) is 0 Å². The molecule has 0 amide bonds. The second kappa shape index (κ2) is 8.28. The van der Waals surface area contributed by atoms with Crippen molar-refractivity contribution in [3.8, 4) is 0 Å². The highest BCUT2D eigenvalue weighted by atomic mass is 31.2. The van der Waals surface area contributed by atoms with Crippen molar-refractivity contribution in [3.63, 3.8) is 0 Å². The largest absolute Gasteiger partial charge is 0.379 e. The van der Waals surface area contributed by atoms with E-state index in [4.69, 9.17) is 15.5 Å². The smallest absolute Gasteiger partial charge is 0.355 e. The number of rotatable bonds is 10. The number of aliphatic hydroxyl groups is 1.